The Bertz CT molecular complexity index is 403. The highest BCUT2D eigenvalue weighted by molar-refractivity contribution is 7.12. The van der Waals surface area contributed by atoms with Crippen molar-refractivity contribution >= 4 is 34.3 Å². The van der Waals surface area contributed by atoms with Crippen molar-refractivity contribution in [3.05, 3.63) is 44.3 Å². The monoisotopic (exact) mass is 256 g/mol. The third kappa shape index (κ3) is 2.83. The van der Waals surface area contributed by atoms with E-state index in [0.29, 0.717) is 0 Å². The molecule has 0 fully saturated rings. The largest absolute Gasteiger partial charge is 0.149 e. The lowest BCUT2D eigenvalue weighted by Gasteiger charge is -2.04. The molecule has 0 aromatic carbocycles. The van der Waals surface area contributed by atoms with Crippen molar-refractivity contribution in [1.29, 1.82) is 0 Å². The maximum absolute atomic E-state index is 6.39. The van der Waals surface area contributed by atoms with Crippen molar-refractivity contribution in [3.8, 4) is 0 Å². The van der Waals surface area contributed by atoms with E-state index in [9.17, 15) is 0 Å². The summed E-state index contributed by atoms with van der Waals surface area (Å²) < 4.78 is 0. The molecule has 1 atom stereocenters. The van der Waals surface area contributed by atoms with Crippen LogP contribution in [0.4, 0.5) is 0 Å². The van der Waals surface area contributed by atoms with Crippen LogP contribution in [0.1, 0.15) is 26.9 Å². The summed E-state index contributed by atoms with van der Waals surface area (Å²) in [4.78, 5) is 4.07. The van der Waals surface area contributed by atoms with Crippen LogP contribution >= 0.6 is 34.3 Å². The third-order valence-corrected chi connectivity index (χ3v) is 5.06. The number of rotatable bonds is 4. The molecule has 0 bridgehead atoms. The molecule has 0 radical (unpaired) electrons. The van der Waals surface area contributed by atoms with Crippen molar-refractivity contribution in [2.24, 2.45) is 0 Å². The van der Waals surface area contributed by atoms with Gasteiger partial charge in [-0.25, -0.2) is 0 Å². The van der Waals surface area contributed by atoms with Crippen LogP contribution in [0.2, 0.25) is 0 Å². The summed E-state index contributed by atoms with van der Waals surface area (Å²) in [5.74, 6) is 0. The Kier molecular flexibility index (Phi) is 3.84. The molecule has 0 N–H and O–H groups in total. The molecule has 2 aromatic rings. The molecule has 1 unspecified atom stereocenters. The molecular formula is C12H13ClS2. The lowest BCUT2D eigenvalue weighted by atomic mass is 10.2. The molecule has 0 saturated heterocycles. The first-order valence-electron chi connectivity index (χ1n) is 5.04. The Hall–Kier alpha value is -0.310. The van der Waals surface area contributed by atoms with E-state index in [0.717, 1.165) is 12.8 Å². The molecule has 15 heavy (non-hydrogen) atoms. The second-order valence-corrected chi connectivity index (χ2v) is 6.17. The molecule has 2 rings (SSSR count). The summed E-state index contributed by atoms with van der Waals surface area (Å²) in [7, 11) is 0. The number of alkyl halides is 1. The Morgan fingerprint density at radius 1 is 1.27 bits per heavy atom. The van der Waals surface area contributed by atoms with Crippen LogP contribution in [-0.2, 0) is 12.8 Å². The summed E-state index contributed by atoms with van der Waals surface area (Å²) in [6.07, 6.45) is 2.05. The van der Waals surface area contributed by atoms with Crippen LogP contribution in [-0.4, -0.2) is 0 Å². The van der Waals surface area contributed by atoms with E-state index in [1.165, 1.54) is 14.6 Å². The number of hydrogen-bond acceptors (Lipinski definition) is 2. The van der Waals surface area contributed by atoms with Gasteiger partial charge in [-0.3, -0.25) is 0 Å². The molecule has 3 heteroatoms. The first-order chi connectivity index (χ1) is 7.29. The van der Waals surface area contributed by atoms with Crippen LogP contribution in [0.3, 0.4) is 0 Å². The smallest absolute Gasteiger partial charge is 0.0726 e. The van der Waals surface area contributed by atoms with Gasteiger partial charge in [0.25, 0.3) is 0 Å². The van der Waals surface area contributed by atoms with Gasteiger partial charge in [-0.05, 0) is 30.0 Å². The van der Waals surface area contributed by atoms with Gasteiger partial charge in [-0.2, -0.15) is 0 Å². The third-order valence-electron chi connectivity index (χ3n) is 2.30. The quantitative estimate of drug-likeness (QED) is 0.683. The average Bonchev–Trinajstić information content (AvgIpc) is 2.86. The van der Waals surface area contributed by atoms with Gasteiger partial charge in [0.15, 0.2) is 0 Å². The molecule has 2 aromatic heterocycles. The van der Waals surface area contributed by atoms with E-state index in [1.807, 2.05) is 11.3 Å². The average molecular weight is 257 g/mol. The molecule has 2 heterocycles. The van der Waals surface area contributed by atoms with Gasteiger partial charge in [0.2, 0.25) is 0 Å². The fourth-order valence-corrected chi connectivity index (χ4v) is 3.61. The van der Waals surface area contributed by atoms with Crippen LogP contribution in [0.15, 0.2) is 29.6 Å². The second kappa shape index (κ2) is 5.15. The highest BCUT2D eigenvalue weighted by Crippen LogP contribution is 2.32. The molecule has 0 aliphatic rings. The first-order valence-corrected chi connectivity index (χ1v) is 7.18. The molecule has 0 saturated carbocycles. The summed E-state index contributed by atoms with van der Waals surface area (Å²) in [6, 6.07) is 8.57. The normalized spacial score (nSPS) is 12.9. The van der Waals surface area contributed by atoms with Gasteiger partial charge >= 0.3 is 0 Å². The minimum absolute atomic E-state index is 0.133. The van der Waals surface area contributed by atoms with Crippen molar-refractivity contribution in [2.45, 2.75) is 25.1 Å². The van der Waals surface area contributed by atoms with Crippen molar-refractivity contribution in [3.63, 3.8) is 0 Å². The zero-order chi connectivity index (χ0) is 10.7. The predicted octanol–water partition coefficient (Wildman–Crippen LogP) is 4.89. The Labute approximate surface area is 104 Å². The van der Waals surface area contributed by atoms with E-state index < -0.39 is 0 Å². The van der Waals surface area contributed by atoms with Crippen LogP contribution in [0.5, 0.6) is 0 Å². The SMILES string of the molecule is CCc1ccc(C(Cl)Cc2cccs2)s1. The fraction of sp³-hybridized carbons (Fsp3) is 0.333. The number of halogens is 1. The van der Waals surface area contributed by atoms with Gasteiger partial charge in [0.1, 0.15) is 0 Å². The van der Waals surface area contributed by atoms with E-state index in [4.69, 9.17) is 11.6 Å². The summed E-state index contributed by atoms with van der Waals surface area (Å²) in [5, 5.41) is 2.24. The lowest BCUT2D eigenvalue weighted by molar-refractivity contribution is 0.960. The molecular weight excluding hydrogens is 244 g/mol. The molecule has 0 nitrogen and oxygen atoms in total. The maximum atomic E-state index is 6.39. The predicted molar refractivity (Wildman–Crippen MR) is 70.3 cm³/mol. The molecule has 0 spiro atoms. The van der Waals surface area contributed by atoms with Crippen molar-refractivity contribution in [1.82, 2.24) is 0 Å². The minimum Gasteiger partial charge on any atom is -0.149 e. The second-order valence-electron chi connectivity index (χ2n) is 3.41. The van der Waals surface area contributed by atoms with E-state index in [-0.39, 0.29) is 5.38 Å². The van der Waals surface area contributed by atoms with Crippen LogP contribution < -0.4 is 0 Å². The van der Waals surface area contributed by atoms with Gasteiger partial charge in [0, 0.05) is 21.1 Å². The summed E-state index contributed by atoms with van der Waals surface area (Å²) in [6.45, 7) is 2.18. The molecule has 0 aliphatic carbocycles. The standard InChI is InChI=1S/C12H13ClS2/c1-2-9-5-6-12(15-9)11(13)8-10-4-3-7-14-10/h3-7,11H,2,8H2,1H3. The molecule has 80 valence electrons. The molecule has 0 aliphatic heterocycles. The Balaban J connectivity index is 2.04. The zero-order valence-electron chi connectivity index (χ0n) is 8.57. The van der Waals surface area contributed by atoms with Crippen LogP contribution in [0, 0.1) is 0 Å². The summed E-state index contributed by atoms with van der Waals surface area (Å²) in [5.41, 5.74) is 0. The first kappa shape index (κ1) is 11.2. The topological polar surface area (TPSA) is 0 Å². The highest BCUT2D eigenvalue weighted by Gasteiger charge is 2.11. The number of thiophene rings is 2. The number of hydrogen-bond donors (Lipinski definition) is 0. The minimum atomic E-state index is 0.133. The van der Waals surface area contributed by atoms with Gasteiger partial charge in [-0.15, -0.1) is 34.3 Å². The Morgan fingerprint density at radius 2 is 2.13 bits per heavy atom. The van der Waals surface area contributed by atoms with Crippen molar-refractivity contribution in [2.75, 3.05) is 0 Å². The van der Waals surface area contributed by atoms with Gasteiger partial charge in [-0.1, -0.05) is 13.0 Å². The van der Waals surface area contributed by atoms with Gasteiger partial charge in [0.05, 0.1) is 5.38 Å². The lowest BCUT2D eigenvalue weighted by Crippen LogP contribution is -1.90. The number of aryl methyl sites for hydroxylation is 1. The van der Waals surface area contributed by atoms with Gasteiger partial charge < -0.3 is 0 Å². The molecule has 0 amide bonds. The fourth-order valence-electron chi connectivity index (χ4n) is 1.46. The highest BCUT2D eigenvalue weighted by atomic mass is 35.5. The summed E-state index contributed by atoms with van der Waals surface area (Å²) >= 11 is 10.00. The van der Waals surface area contributed by atoms with Crippen LogP contribution in [0.25, 0.3) is 0 Å². The van der Waals surface area contributed by atoms with Crippen molar-refractivity contribution < 1.29 is 0 Å². The van der Waals surface area contributed by atoms with E-state index >= 15 is 0 Å². The van der Waals surface area contributed by atoms with E-state index in [1.54, 1.807) is 11.3 Å². The Morgan fingerprint density at radius 3 is 2.73 bits per heavy atom. The maximum Gasteiger partial charge on any atom is 0.0726 e. The zero-order valence-corrected chi connectivity index (χ0v) is 11.0. The van der Waals surface area contributed by atoms with E-state index in [2.05, 4.69) is 36.6 Å².